The highest BCUT2D eigenvalue weighted by atomic mass is 127. The third-order valence-electron chi connectivity index (χ3n) is 5.26. The van der Waals surface area contributed by atoms with Crippen LogP contribution in [0.15, 0.2) is 34.6 Å². The van der Waals surface area contributed by atoms with Crippen molar-refractivity contribution in [1.82, 2.24) is 20.5 Å². The molecule has 0 spiro atoms. The van der Waals surface area contributed by atoms with Gasteiger partial charge < -0.3 is 15.4 Å². The number of hydrogen-bond donors (Lipinski definition) is 2. The first-order valence-corrected chi connectivity index (χ1v) is 11.3. The van der Waals surface area contributed by atoms with Gasteiger partial charge in [-0.05, 0) is 51.8 Å². The summed E-state index contributed by atoms with van der Waals surface area (Å²) in [5.41, 5.74) is 2.35. The van der Waals surface area contributed by atoms with Gasteiger partial charge in [0.1, 0.15) is 5.75 Å². The van der Waals surface area contributed by atoms with E-state index >= 15 is 0 Å². The van der Waals surface area contributed by atoms with E-state index in [9.17, 15) is 0 Å². The molecule has 0 atom stereocenters. The van der Waals surface area contributed by atoms with Crippen LogP contribution in [-0.2, 0) is 13.1 Å². The van der Waals surface area contributed by atoms with Crippen LogP contribution in [0.5, 0.6) is 5.75 Å². The molecule has 0 unspecified atom stereocenters. The molecule has 1 fully saturated rings. The zero-order chi connectivity index (χ0) is 20.5. The fourth-order valence-corrected chi connectivity index (χ4v) is 4.25. The molecule has 2 heterocycles. The molecule has 0 saturated carbocycles. The van der Waals surface area contributed by atoms with Crippen LogP contribution >= 0.6 is 35.3 Å². The topological polar surface area (TPSA) is 61.8 Å². The third kappa shape index (κ3) is 7.70. The molecule has 1 aliphatic rings. The minimum Gasteiger partial charge on any atom is -0.494 e. The van der Waals surface area contributed by atoms with E-state index in [-0.39, 0.29) is 24.0 Å². The monoisotopic (exact) mass is 543 g/mol. The van der Waals surface area contributed by atoms with E-state index in [1.54, 1.807) is 11.3 Å². The zero-order valence-electron chi connectivity index (χ0n) is 18.2. The molecule has 30 heavy (non-hydrogen) atoms. The van der Waals surface area contributed by atoms with Crippen molar-refractivity contribution in [3.8, 4) is 5.75 Å². The molecule has 0 amide bonds. The number of halogens is 1. The summed E-state index contributed by atoms with van der Waals surface area (Å²) >= 11 is 1.74. The van der Waals surface area contributed by atoms with Crippen molar-refractivity contribution in [2.24, 2.45) is 10.9 Å². The number of likely N-dealkylation sites (tertiary alicyclic amines) is 1. The number of piperidine rings is 1. The van der Waals surface area contributed by atoms with Crippen molar-refractivity contribution in [2.75, 3.05) is 33.3 Å². The molecule has 3 rings (SSSR count). The Hall–Kier alpha value is -1.39. The Labute approximate surface area is 201 Å². The number of benzene rings is 1. The summed E-state index contributed by atoms with van der Waals surface area (Å²) in [4.78, 5) is 11.5. The Kier molecular flexibility index (Phi) is 10.9. The van der Waals surface area contributed by atoms with Crippen LogP contribution in [0.2, 0.25) is 0 Å². The lowest BCUT2D eigenvalue weighted by molar-refractivity contribution is 0.176. The number of hydrogen-bond acceptors (Lipinski definition) is 5. The number of rotatable bonds is 8. The van der Waals surface area contributed by atoms with Crippen molar-refractivity contribution in [3.05, 3.63) is 45.9 Å². The lowest BCUT2D eigenvalue weighted by Gasteiger charge is -2.31. The van der Waals surface area contributed by atoms with Gasteiger partial charge in [-0.2, -0.15) is 0 Å². The summed E-state index contributed by atoms with van der Waals surface area (Å²) in [5, 5.41) is 10.2. The zero-order valence-corrected chi connectivity index (χ0v) is 21.3. The Morgan fingerprint density at radius 2 is 2.03 bits per heavy atom. The standard InChI is InChI=1S/C22H33N5OS.HI/c1-4-28-21-8-6-5-7-19(21)14-25-22(23-3)24-13-18-9-11-27(12-10-18)15-20-16-29-17(2)26-20;/h5-8,16,18H,4,9-15H2,1-3H3,(H2,23,24,25);1H. The number of ether oxygens (including phenoxy) is 1. The predicted molar refractivity (Wildman–Crippen MR) is 136 cm³/mol. The van der Waals surface area contributed by atoms with E-state index in [0.29, 0.717) is 19.1 Å². The predicted octanol–water partition coefficient (Wildman–Crippen LogP) is 4.05. The van der Waals surface area contributed by atoms with Gasteiger partial charge in [0.05, 0.1) is 17.3 Å². The van der Waals surface area contributed by atoms with Crippen LogP contribution in [0.25, 0.3) is 0 Å². The van der Waals surface area contributed by atoms with Crippen molar-refractivity contribution < 1.29 is 4.74 Å². The van der Waals surface area contributed by atoms with Crippen LogP contribution in [0.1, 0.15) is 36.0 Å². The molecule has 166 valence electrons. The maximum atomic E-state index is 5.70. The average molecular weight is 544 g/mol. The van der Waals surface area contributed by atoms with Crippen LogP contribution in [-0.4, -0.2) is 49.1 Å². The molecule has 2 aromatic rings. The molecule has 1 aliphatic heterocycles. The van der Waals surface area contributed by atoms with Crippen molar-refractivity contribution in [1.29, 1.82) is 0 Å². The highest BCUT2D eigenvalue weighted by molar-refractivity contribution is 14.0. The smallest absolute Gasteiger partial charge is 0.191 e. The largest absolute Gasteiger partial charge is 0.494 e. The fourth-order valence-electron chi connectivity index (χ4n) is 3.65. The molecule has 1 aromatic carbocycles. The third-order valence-corrected chi connectivity index (χ3v) is 6.08. The first kappa shape index (κ1) is 24.9. The molecule has 6 nitrogen and oxygen atoms in total. The number of nitrogens with zero attached hydrogens (tertiary/aromatic N) is 3. The molecular weight excluding hydrogens is 509 g/mol. The van der Waals surface area contributed by atoms with E-state index < -0.39 is 0 Å². The second kappa shape index (κ2) is 13.1. The number of para-hydroxylation sites is 1. The lowest BCUT2D eigenvalue weighted by atomic mass is 9.97. The van der Waals surface area contributed by atoms with Gasteiger partial charge in [-0.25, -0.2) is 4.98 Å². The average Bonchev–Trinajstić information content (AvgIpc) is 3.15. The van der Waals surface area contributed by atoms with Gasteiger partial charge in [0.2, 0.25) is 0 Å². The van der Waals surface area contributed by atoms with Gasteiger partial charge in [-0.3, -0.25) is 9.89 Å². The van der Waals surface area contributed by atoms with E-state index in [2.05, 4.69) is 43.9 Å². The molecule has 2 N–H and O–H groups in total. The summed E-state index contributed by atoms with van der Waals surface area (Å²) in [5.74, 6) is 2.45. The number of aliphatic imine (C=N–C) groups is 1. The first-order valence-electron chi connectivity index (χ1n) is 10.5. The Balaban J connectivity index is 0.00000320. The van der Waals surface area contributed by atoms with Crippen LogP contribution < -0.4 is 15.4 Å². The maximum Gasteiger partial charge on any atom is 0.191 e. The van der Waals surface area contributed by atoms with Gasteiger partial charge in [0.15, 0.2) is 5.96 Å². The van der Waals surface area contributed by atoms with E-state index in [4.69, 9.17) is 4.74 Å². The van der Waals surface area contributed by atoms with E-state index in [0.717, 1.165) is 48.5 Å². The van der Waals surface area contributed by atoms with Crippen molar-refractivity contribution >= 4 is 41.3 Å². The number of aromatic nitrogens is 1. The Bertz CT molecular complexity index is 789. The van der Waals surface area contributed by atoms with Gasteiger partial charge in [-0.15, -0.1) is 35.3 Å². The fraction of sp³-hybridized carbons (Fsp3) is 0.545. The molecular formula is C22H34IN5OS. The van der Waals surface area contributed by atoms with Gasteiger partial charge in [-0.1, -0.05) is 18.2 Å². The van der Waals surface area contributed by atoms with Crippen LogP contribution in [0, 0.1) is 12.8 Å². The lowest BCUT2D eigenvalue weighted by Crippen LogP contribution is -2.42. The molecule has 8 heteroatoms. The number of aryl methyl sites for hydroxylation is 1. The SMILES string of the molecule is CCOc1ccccc1CNC(=NC)NCC1CCN(Cc2csc(C)n2)CC1.I. The minimum absolute atomic E-state index is 0. The van der Waals surface area contributed by atoms with Crippen molar-refractivity contribution in [3.63, 3.8) is 0 Å². The molecule has 1 saturated heterocycles. The Morgan fingerprint density at radius 3 is 2.70 bits per heavy atom. The van der Waals surface area contributed by atoms with Gasteiger partial charge >= 0.3 is 0 Å². The van der Waals surface area contributed by atoms with Gasteiger partial charge in [0, 0.05) is 37.6 Å². The van der Waals surface area contributed by atoms with E-state index in [1.807, 2.05) is 32.2 Å². The molecule has 0 radical (unpaired) electrons. The summed E-state index contributed by atoms with van der Waals surface area (Å²) < 4.78 is 5.70. The summed E-state index contributed by atoms with van der Waals surface area (Å²) in [7, 11) is 1.82. The molecule has 0 bridgehead atoms. The highest BCUT2D eigenvalue weighted by Gasteiger charge is 2.20. The van der Waals surface area contributed by atoms with E-state index in [1.165, 1.54) is 18.5 Å². The first-order chi connectivity index (χ1) is 14.2. The maximum absolute atomic E-state index is 5.70. The normalized spacial score (nSPS) is 15.5. The summed E-state index contributed by atoms with van der Waals surface area (Å²) in [6.45, 7) is 9.65. The summed E-state index contributed by atoms with van der Waals surface area (Å²) in [6.07, 6.45) is 2.42. The minimum atomic E-state index is 0. The quantitative estimate of drug-likeness (QED) is 0.299. The number of nitrogens with one attached hydrogen (secondary N) is 2. The van der Waals surface area contributed by atoms with Crippen LogP contribution in [0.3, 0.4) is 0 Å². The van der Waals surface area contributed by atoms with Crippen molar-refractivity contribution in [2.45, 2.75) is 39.8 Å². The summed E-state index contributed by atoms with van der Waals surface area (Å²) in [6, 6.07) is 8.14. The number of guanidine groups is 1. The van der Waals surface area contributed by atoms with Gasteiger partial charge in [0.25, 0.3) is 0 Å². The Morgan fingerprint density at radius 1 is 1.27 bits per heavy atom. The number of thiazole rings is 1. The second-order valence-corrected chi connectivity index (χ2v) is 8.49. The molecule has 0 aliphatic carbocycles. The van der Waals surface area contributed by atoms with Crippen LogP contribution in [0.4, 0.5) is 0 Å². The highest BCUT2D eigenvalue weighted by Crippen LogP contribution is 2.20. The second-order valence-electron chi connectivity index (χ2n) is 7.42. The molecule has 1 aromatic heterocycles.